The highest BCUT2D eigenvalue weighted by Gasteiger charge is 2.17. The van der Waals surface area contributed by atoms with Crippen LogP contribution in [0.2, 0.25) is 0 Å². The Labute approximate surface area is 138 Å². The van der Waals surface area contributed by atoms with E-state index < -0.39 is 5.97 Å². The second-order valence-electron chi connectivity index (χ2n) is 5.25. The molecule has 24 heavy (non-hydrogen) atoms. The van der Waals surface area contributed by atoms with Gasteiger partial charge in [-0.1, -0.05) is 6.07 Å². The Kier molecular flexibility index (Phi) is 4.28. The summed E-state index contributed by atoms with van der Waals surface area (Å²) in [4.78, 5) is 22.7. The number of carbonyl (C=O) groups excluding carboxylic acids is 2. The zero-order valence-electron chi connectivity index (χ0n) is 13.2. The van der Waals surface area contributed by atoms with Crippen molar-refractivity contribution in [2.45, 2.75) is 13.0 Å². The number of nitrogens with one attached hydrogen (secondary N) is 2. The molecule has 0 saturated heterocycles. The van der Waals surface area contributed by atoms with E-state index in [1.165, 1.54) is 13.2 Å². The maximum absolute atomic E-state index is 11.4. The van der Waals surface area contributed by atoms with E-state index >= 15 is 0 Å². The second-order valence-corrected chi connectivity index (χ2v) is 5.25. The minimum Gasteiger partial charge on any atom is -0.482 e. The van der Waals surface area contributed by atoms with Crippen molar-refractivity contribution in [3.63, 3.8) is 0 Å². The van der Waals surface area contributed by atoms with Crippen molar-refractivity contribution in [3.05, 3.63) is 41.6 Å². The summed E-state index contributed by atoms with van der Waals surface area (Å²) in [6.45, 7) is 1.98. The molecule has 124 valence electrons. The van der Waals surface area contributed by atoms with Crippen LogP contribution in [0, 0.1) is 0 Å². The minimum absolute atomic E-state index is 0.0300. The Morgan fingerprint density at radius 2 is 2.17 bits per heavy atom. The van der Waals surface area contributed by atoms with Crippen molar-refractivity contribution < 1.29 is 19.1 Å². The van der Waals surface area contributed by atoms with Gasteiger partial charge in [0.2, 0.25) is 0 Å². The zero-order valence-corrected chi connectivity index (χ0v) is 13.2. The third kappa shape index (κ3) is 3.27. The molecule has 1 aromatic carbocycles. The first-order chi connectivity index (χ1) is 11.6. The fourth-order valence-electron chi connectivity index (χ4n) is 2.30. The number of anilines is 2. The van der Waals surface area contributed by atoms with Crippen LogP contribution in [0.3, 0.4) is 0 Å². The Morgan fingerprint density at radius 1 is 1.33 bits per heavy atom. The van der Waals surface area contributed by atoms with Crippen LogP contribution in [0.5, 0.6) is 5.75 Å². The van der Waals surface area contributed by atoms with Crippen molar-refractivity contribution in [1.29, 1.82) is 0 Å². The number of esters is 1. The predicted octanol–water partition coefficient (Wildman–Crippen LogP) is 1.77. The SMILES string of the molecule is COC(=O)c1ccc(N[C@H](C)c2ccc3c(c2)NC(=O)CO3)nn1. The van der Waals surface area contributed by atoms with Gasteiger partial charge in [0.1, 0.15) is 11.6 Å². The molecule has 8 nitrogen and oxygen atoms in total. The smallest absolute Gasteiger partial charge is 0.358 e. The number of fused-ring (bicyclic) bond motifs is 1. The van der Waals surface area contributed by atoms with Crippen LogP contribution >= 0.6 is 0 Å². The molecule has 0 aliphatic carbocycles. The predicted molar refractivity (Wildman–Crippen MR) is 86.0 cm³/mol. The van der Waals surface area contributed by atoms with Crippen molar-refractivity contribution in [2.75, 3.05) is 24.4 Å². The third-order valence-corrected chi connectivity index (χ3v) is 3.56. The molecule has 0 radical (unpaired) electrons. The Balaban J connectivity index is 1.73. The van der Waals surface area contributed by atoms with E-state index in [0.717, 1.165) is 5.56 Å². The average Bonchev–Trinajstić information content (AvgIpc) is 2.61. The van der Waals surface area contributed by atoms with Crippen LogP contribution in [-0.2, 0) is 9.53 Å². The lowest BCUT2D eigenvalue weighted by atomic mass is 10.1. The summed E-state index contributed by atoms with van der Waals surface area (Å²) < 4.78 is 9.92. The first-order valence-corrected chi connectivity index (χ1v) is 7.32. The zero-order chi connectivity index (χ0) is 17.1. The maximum Gasteiger partial charge on any atom is 0.358 e. The van der Waals surface area contributed by atoms with Crippen LogP contribution in [0.15, 0.2) is 30.3 Å². The minimum atomic E-state index is -0.535. The van der Waals surface area contributed by atoms with Crippen LogP contribution in [0.25, 0.3) is 0 Å². The molecule has 1 atom stereocenters. The van der Waals surface area contributed by atoms with Crippen LogP contribution in [0.1, 0.15) is 29.0 Å². The van der Waals surface area contributed by atoms with Crippen molar-refractivity contribution in [1.82, 2.24) is 10.2 Å². The summed E-state index contributed by atoms with van der Waals surface area (Å²) in [5.41, 5.74) is 1.73. The lowest BCUT2D eigenvalue weighted by Gasteiger charge is -2.21. The number of aromatic nitrogens is 2. The van der Waals surface area contributed by atoms with Gasteiger partial charge in [-0.05, 0) is 36.8 Å². The highest BCUT2D eigenvalue weighted by atomic mass is 16.5. The Bertz CT molecular complexity index is 776. The van der Waals surface area contributed by atoms with E-state index in [1.54, 1.807) is 6.07 Å². The fraction of sp³-hybridized carbons (Fsp3) is 0.250. The number of rotatable bonds is 4. The highest BCUT2D eigenvalue weighted by Crippen LogP contribution is 2.31. The van der Waals surface area contributed by atoms with Gasteiger partial charge in [0.25, 0.3) is 5.91 Å². The van der Waals surface area contributed by atoms with Crippen LogP contribution in [-0.4, -0.2) is 35.8 Å². The molecular weight excluding hydrogens is 312 g/mol. The van der Waals surface area contributed by atoms with E-state index in [-0.39, 0.29) is 24.2 Å². The van der Waals surface area contributed by atoms with E-state index in [4.69, 9.17) is 4.74 Å². The van der Waals surface area contributed by atoms with E-state index in [9.17, 15) is 9.59 Å². The summed E-state index contributed by atoms with van der Waals surface area (Å²) in [7, 11) is 1.29. The number of benzene rings is 1. The molecule has 2 N–H and O–H groups in total. The van der Waals surface area contributed by atoms with E-state index in [0.29, 0.717) is 17.3 Å². The van der Waals surface area contributed by atoms with Crippen LogP contribution in [0.4, 0.5) is 11.5 Å². The first kappa shape index (κ1) is 15.7. The van der Waals surface area contributed by atoms with E-state index in [1.807, 2.05) is 25.1 Å². The van der Waals surface area contributed by atoms with Gasteiger partial charge < -0.3 is 20.1 Å². The maximum atomic E-state index is 11.4. The van der Waals surface area contributed by atoms with Gasteiger partial charge in [-0.15, -0.1) is 10.2 Å². The number of hydrogen-bond acceptors (Lipinski definition) is 7. The number of nitrogens with zero attached hydrogens (tertiary/aromatic N) is 2. The molecule has 3 rings (SSSR count). The largest absolute Gasteiger partial charge is 0.482 e. The number of amides is 1. The molecule has 2 heterocycles. The van der Waals surface area contributed by atoms with Gasteiger partial charge in [-0.2, -0.15) is 0 Å². The van der Waals surface area contributed by atoms with Crippen molar-refractivity contribution in [3.8, 4) is 5.75 Å². The number of hydrogen-bond donors (Lipinski definition) is 2. The quantitative estimate of drug-likeness (QED) is 0.824. The molecule has 0 fully saturated rings. The summed E-state index contributed by atoms with van der Waals surface area (Å²) >= 11 is 0. The fourth-order valence-corrected chi connectivity index (χ4v) is 2.30. The van der Waals surface area contributed by atoms with Crippen LogP contribution < -0.4 is 15.4 Å². The van der Waals surface area contributed by atoms with Gasteiger partial charge in [0, 0.05) is 0 Å². The monoisotopic (exact) mass is 328 g/mol. The molecule has 1 aliphatic rings. The number of methoxy groups -OCH3 is 1. The second kappa shape index (κ2) is 6.53. The summed E-state index contributed by atoms with van der Waals surface area (Å²) in [5.74, 6) is 0.456. The van der Waals surface area contributed by atoms with Gasteiger partial charge in [0.05, 0.1) is 18.8 Å². The normalized spacial score (nSPS) is 14.0. The van der Waals surface area contributed by atoms with Gasteiger partial charge >= 0.3 is 5.97 Å². The summed E-state index contributed by atoms with van der Waals surface area (Å²) in [5, 5.41) is 13.7. The van der Waals surface area contributed by atoms with Crippen molar-refractivity contribution in [2.24, 2.45) is 0 Å². The molecule has 8 heteroatoms. The topological polar surface area (TPSA) is 102 Å². The standard InChI is InChI=1S/C16H16N4O4/c1-9(17-14-6-4-11(19-20-14)16(22)23-2)10-3-5-13-12(7-10)18-15(21)8-24-13/h3-7,9H,8H2,1-2H3,(H,17,20)(H,18,21)/t9-/m1/s1. The molecule has 1 amide bonds. The highest BCUT2D eigenvalue weighted by molar-refractivity contribution is 5.95. The Morgan fingerprint density at radius 3 is 2.88 bits per heavy atom. The average molecular weight is 328 g/mol. The molecule has 2 aromatic rings. The van der Waals surface area contributed by atoms with Gasteiger partial charge in [0.15, 0.2) is 12.3 Å². The van der Waals surface area contributed by atoms with Gasteiger partial charge in [-0.25, -0.2) is 4.79 Å². The van der Waals surface area contributed by atoms with Crippen molar-refractivity contribution >= 4 is 23.4 Å². The molecule has 0 saturated carbocycles. The lowest BCUT2D eigenvalue weighted by Crippen LogP contribution is -2.25. The lowest BCUT2D eigenvalue weighted by molar-refractivity contribution is -0.118. The molecule has 1 aromatic heterocycles. The molecule has 0 spiro atoms. The molecule has 1 aliphatic heterocycles. The summed E-state index contributed by atoms with van der Waals surface area (Å²) in [6, 6.07) is 8.67. The summed E-state index contributed by atoms with van der Waals surface area (Å²) in [6.07, 6.45) is 0. The third-order valence-electron chi connectivity index (χ3n) is 3.56. The number of ether oxygens (including phenoxy) is 2. The Hall–Kier alpha value is -3.16. The van der Waals surface area contributed by atoms with Gasteiger partial charge in [-0.3, -0.25) is 4.79 Å². The molecule has 0 bridgehead atoms. The number of carbonyl (C=O) groups is 2. The van der Waals surface area contributed by atoms with E-state index in [2.05, 4.69) is 25.6 Å². The first-order valence-electron chi connectivity index (χ1n) is 7.32. The molecule has 0 unspecified atom stereocenters. The molecular formula is C16H16N4O4.